The molecule has 1 amide bonds. The van der Waals surface area contributed by atoms with Gasteiger partial charge in [-0.3, -0.25) is 14.9 Å². The number of hydrogen-bond donors (Lipinski definition) is 2. The third-order valence-electron chi connectivity index (χ3n) is 2.40. The molecule has 0 aliphatic heterocycles. The van der Waals surface area contributed by atoms with E-state index in [9.17, 15) is 14.9 Å². The molecule has 19 heavy (non-hydrogen) atoms. The number of aromatic nitrogens is 1. The van der Waals surface area contributed by atoms with Crippen molar-refractivity contribution >= 4 is 17.3 Å². The molecule has 2 rings (SSSR count). The lowest BCUT2D eigenvalue weighted by Gasteiger charge is -2.04. The third kappa shape index (κ3) is 2.86. The summed E-state index contributed by atoms with van der Waals surface area (Å²) in [5.41, 5.74) is 5.31. The second kappa shape index (κ2) is 5.17. The molecule has 2 aromatic rings. The van der Waals surface area contributed by atoms with Gasteiger partial charge >= 0.3 is 0 Å². The fourth-order valence-electron chi connectivity index (χ4n) is 1.45. The molecule has 0 saturated carbocycles. The van der Waals surface area contributed by atoms with E-state index < -0.39 is 10.8 Å². The smallest absolute Gasteiger partial charge is 0.292 e. The number of carbonyl (C=O) groups is 1. The maximum absolute atomic E-state index is 11.8. The van der Waals surface area contributed by atoms with Crippen LogP contribution in [0.3, 0.4) is 0 Å². The van der Waals surface area contributed by atoms with Crippen LogP contribution >= 0.6 is 0 Å². The maximum atomic E-state index is 11.8. The highest BCUT2D eigenvalue weighted by Gasteiger charge is 2.15. The van der Waals surface area contributed by atoms with E-state index in [0.29, 0.717) is 5.76 Å². The van der Waals surface area contributed by atoms with E-state index in [4.69, 9.17) is 10.3 Å². The Morgan fingerprint density at radius 1 is 1.47 bits per heavy atom. The molecule has 1 heterocycles. The standard InChI is InChI=1S/C11H10N4O4/c12-9-2-1-7(5-10(9)15(17)18)11(16)13-6-8-3-4-14-19-8/h1-5H,6,12H2,(H,13,16). The number of nitrogen functional groups attached to an aromatic ring is 1. The van der Waals surface area contributed by atoms with E-state index in [1.165, 1.54) is 18.3 Å². The molecule has 0 aliphatic rings. The number of nitrogens with one attached hydrogen (secondary N) is 1. The number of hydrogen-bond acceptors (Lipinski definition) is 6. The van der Waals surface area contributed by atoms with Gasteiger partial charge in [0.05, 0.1) is 17.7 Å². The Kier molecular flexibility index (Phi) is 3.42. The van der Waals surface area contributed by atoms with Gasteiger partial charge in [0, 0.05) is 17.7 Å². The van der Waals surface area contributed by atoms with E-state index in [-0.39, 0.29) is 23.5 Å². The highest BCUT2D eigenvalue weighted by atomic mass is 16.6. The van der Waals surface area contributed by atoms with Gasteiger partial charge in [-0.15, -0.1) is 0 Å². The highest BCUT2D eigenvalue weighted by molar-refractivity contribution is 5.95. The van der Waals surface area contributed by atoms with Gasteiger partial charge in [0.1, 0.15) is 5.69 Å². The lowest BCUT2D eigenvalue weighted by atomic mass is 10.1. The summed E-state index contributed by atoms with van der Waals surface area (Å²) in [5.74, 6) is 0.0257. The predicted octanol–water partition coefficient (Wildman–Crippen LogP) is 1.10. The van der Waals surface area contributed by atoms with Gasteiger partial charge in [0.25, 0.3) is 11.6 Å². The van der Waals surface area contributed by atoms with Crippen LogP contribution in [0.25, 0.3) is 0 Å². The molecule has 1 aromatic carbocycles. The Morgan fingerprint density at radius 3 is 2.89 bits per heavy atom. The van der Waals surface area contributed by atoms with Gasteiger partial charge < -0.3 is 15.6 Å². The van der Waals surface area contributed by atoms with Crippen LogP contribution in [-0.2, 0) is 6.54 Å². The summed E-state index contributed by atoms with van der Waals surface area (Å²) in [6.07, 6.45) is 1.45. The van der Waals surface area contributed by atoms with Crippen molar-refractivity contribution in [3.05, 3.63) is 51.9 Å². The summed E-state index contributed by atoms with van der Waals surface area (Å²) in [5, 5.41) is 16.8. The SMILES string of the molecule is Nc1ccc(C(=O)NCc2ccno2)cc1[N+](=O)[O-]. The van der Waals surface area contributed by atoms with Gasteiger partial charge in [0.15, 0.2) is 5.76 Å². The minimum atomic E-state index is -0.636. The quantitative estimate of drug-likeness (QED) is 0.482. The molecule has 0 atom stereocenters. The van der Waals surface area contributed by atoms with Gasteiger partial charge in [-0.2, -0.15) is 0 Å². The first kappa shape index (κ1) is 12.6. The average molecular weight is 262 g/mol. The van der Waals surface area contributed by atoms with E-state index in [1.54, 1.807) is 6.07 Å². The zero-order valence-corrected chi connectivity index (χ0v) is 9.70. The molecule has 0 spiro atoms. The van der Waals surface area contributed by atoms with Gasteiger partial charge in [-0.1, -0.05) is 5.16 Å². The first-order valence-electron chi connectivity index (χ1n) is 5.29. The van der Waals surface area contributed by atoms with E-state index in [2.05, 4.69) is 10.5 Å². The molecule has 8 heteroatoms. The van der Waals surface area contributed by atoms with E-state index in [1.807, 2.05) is 0 Å². The fourth-order valence-corrected chi connectivity index (χ4v) is 1.45. The molecule has 1 aromatic heterocycles. The molecule has 98 valence electrons. The van der Waals surface area contributed by atoms with Crippen LogP contribution in [0.5, 0.6) is 0 Å². The molecule has 0 fully saturated rings. The van der Waals surface area contributed by atoms with Crippen molar-refractivity contribution in [2.75, 3.05) is 5.73 Å². The third-order valence-corrected chi connectivity index (χ3v) is 2.40. The van der Waals surface area contributed by atoms with Crippen molar-refractivity contribution in [2.24, 2.45) is 0 Å². The minimum absolute atomic E-state index is 0.0109. The molecule has 0 unspecified atom stereocenters. The number of benzene rings is 1. The zero-order chi connectivity index (χ0) is 13.8. The number of nitro benzene ring substituents is 1. The first-order chi connectivity index (χ1) is 9.08. The van der Waals surface area contributed by atoms with Gasteiger partial charge in [0.2, 0.25) is 0 Å². The van der Waals surface area contributed by atoms with Crippen molar-refractivity contribution in [2.45, 2.75) is 6.54 Å². The van der Waals surface area contributed by atoms with E-state index >= 15 is 0 Å². The summed E-state index contributed by atoms with van der Waals surface area (Å²) in [6, 6.07) is 5.47. The Morgan fingerprint density at radius 2 is 2.26 bits per heavy atom. The number of anilines is 1. The van der Waals surface area contributed by atoms with Crippen LogP contribution in [-0.4, -0.2) is 16.0 Å². The van der Waals surface area contributed by atoms with Crippen LogP contribution in [0.1, 0.15) is 16.1 Å². The average Bonchev–Trinajstić information content (AvgIpc) is 2.89. The largest absolute Gasteiger partial charge is 0.393 e. The first-order valence-corrected chi connectivity index (χ1v) is 5.29. The van der Waals surface area contributed by atoms with Crippen molar-refractivity contribution in [1.29, 1.82) is 0 Å². The van der Waals surface area contributed by atoms with Gasteiger partial charge in [-0.05, 0) is 12.1 Å². The van der Waals surface area contributed by atoms with Crippen molar-refractivity contribution < 1.29 is 14.2 Å². The Bertz CT molecular complexity index is 609. The number of amides is 1. The van der Waals surface area contributed by atoms with Crippen LogP contribution < -0.4 is 11.1 Å². The summed E-state index contributed by atoms with van der Waals surface area (Å²) < 4.78 is 4.81. The van der Waals surface area contributed by atoms with Crippen LogP contribution in [0, 0.1) is 10.1 Å². The van der Waals surface area contributed by atoms with Crippen LogP contribution in [0.15, 0.2) is 35.0 Å². The van der Waals surface area contributed by atoms with Crippen molar-refractivity contribution in [1.82, 2.24) is 10.5 Å². The number of rotatable bonds is 4. The molecule has 0 bridgehead atoms. The second-order valence-corrected chi connectivity index (χ2v) is 3.69. The fraction of sp³-hybridized carbons (Fsp3) is 0.0909. The Balaban J connectivity index is 2.11. The molecule has 0 radical (unpaired) electrons. The summed E-state index contributed by atoms with van der Waals surface area (Å²) in [4.78, 5) is 21.9. The number of carbonyl (C=O) groups excluding carboxylic acids is 1. The summed E-state index contributed by atoms with van der Waals surface area (Å²) in [7, 11) is 0. The summed E-state index contributed by atoms with van der Waals surface area (Å²) in [6.45, 7) is 0.150. The number of nitrogens with two attached hydrogens (primary N) is 1. The Hall–Kier alpha value is -2.90. The molecular weight excluding hydrogens is 252 g/mol. The molecule has 8 nitrogen and oxygen atoms in total. The monoisotopic (exact) mass is 262 g/mol. The molecule has 3 N–H and O–H groups in total. The lowest BCUT2D eigenvalue weighted by molar-refractivity contribution is -0.383. The number of nitro groups is 1. The van der Waals surface area contributed by atoms with E-state index in [0.717, 1.165) is 6.07 Å². The van der Waals surface area contributed by atoms with Gasteiger partial charge in [-0.25, -0.2) is 0 Å². The van der Waals surface area contributed by atoms with Crippen LogP contribution in [0.2, 0.25) is 0 Å². The van der Waals surface area contributed by atoms with Crippen molar-refractivity contribution in [3.8, 4) is 0 Å². The minimum Gasteiger partial charge on any atom is -0.393 e. The second-order valence-electron chi connectivity index (χ2n) is 3.69. The zero-order valence-electron chi connectivity index (χ0n) is 9.70. The normalized spacial score (nSPS) is 10.1. The Labute approximate surface area is 107 Å². The van der Waals surface area contributed by atoms with Crippen LogP contribution in [0.4, 0.5) is 11.4 Å². The topological polar surface area (TPSA) is 124 Å². The van der Waals surface area contributed by atoms with Crippen molar-refractivity contribution in [3.63, 3.8) is 0 Å². The maximum Gasteiger partial charge on any atom is 0.292 e. The number of nitrogens with zero attached hydrogens (tertiary/aromatic N) is 2. The molecule has 0 aliphatic carbocycles. The predicted molar refractivity (Wildman–Crippen MR) is 65.2 cm³/mol. The molecule has 0 saturated heterocycles. The summed E-state index contributed by atoms with van der Waals surface area (Å²) >= 11 is 0. The lowest BCUT2D eigenvalue weighted by Crippen LogP contribution is -2.22. The molecular formula is C11H10N4O4. The highest BCUT2D eigenvalue weighted by Crippen LogP contribution is 2.22.